The number of ether oxygens (including phenoxy) is 7. The van der Waals surface area contributed by atoms with E-state index in [9.17, 15) is 34.5 Å². The van der Waals surface area contributed by atoms with Gasteiger partial charge >= 0.3 is 17.9 Å². The molecule has 2 saturated heterocycles. The molecule has 0 aromatic heterocycles. The zero-order valence-corrected chi connectivity index (χ0v) is 23.3. The van der Waals surface area contributed by atoms with Gasteiger partial charge in [0.25, 0.3) is 0 Å². The van der Waals surface area contributed by atoms with E-state index in [1.54, 1.807) is 24.3 Å². The molecule has 1 aromatic carbocycles. The Morgan fingerprint density at radius 3 is 2.17 bits per heavy atom. The Bertz CT molecular complexity index is 1050. The lowest BCUT2D eigenvalue weighted by atomic mass is 9.96. The second kappa shape index (κ2) is 15.9. The Labute approximate surface area is 241 Å². The van der Waals surface area contributed by atoms with Gasteiger partial charge in [0.1, 0.15) is 37.6 Å². The van der Waals surface area contributed by atoms with Crippen molar-refractivity contribution < 1.29 is 67.7 Å². The molecule has 0 bridgehead atoms. The number of amides is 1. The predicted octanol–water partition coefficient (Wildman–Crippen LogP) is -1.50. The number of hydrogen-bond acceptors (Lipinski definition) is 14. The summed E-state index contributed by atoms with van der Waals surface area (Å²) in [6.07, 6.45) is -9.13. The van der Waals surface area contributed by atoms with E-state index in [4.69, 9.17) is 33.2 Å². The summed E-state index contributed by atoms with van der Waals surface area (Å²) in [5.41, 5.74) is 0.751. The first-order valence-electron chi connectivity index (χ1n) is 13.2. The largest absolute Gasteiger partial charge is 0.463 e. The molecule has 4 N–H and O–H groups in total. The Kier molecular flexibility index (Phi) is 12.6. The van der Waals surface area contributed by atoms with Gasteiger partial charge in [0.05, 0.1) is 19.3 Å². The van der Waals surface area contributed by atoms with Gasteiger partial charge in [0.2, 0.25) is 5.91 Å². The summed E-state index contributed by atoms with van der Waals surface area (Å²) in [5.74, 6) is -2.93. The second-order valence-corrected chi connectivity index (χ2v) is 9.59. The minimum absolute atomic E-state index is 0.00727. The molecular weight excluding hydrogens is 562 g/mol. The van der Waals surface area contributed by atoms with Gasteiger partial charge in [-0.05, 0) is 5.56 Å². The van der Waals surface area contributed by atoms with Crippen LogP contribution in [0.1, 0.15) is 26.3 Å². The van der Waals surface area contributed by atoms with Gasteiger partial charge in [0.15, 0.2) is 24.8 Å². The number of carbonyl (C=O) groups is 4. The molecular formula is C27H36NO14. The minimum Gasteiger partial charge on any atom is -0.463 e. The zero-order valence-electron chi connectivity index (χ0n) is 23.3. The Hall–Kier alpha value is -3.18. The van der Waals surface area contributed by atoms with Crippen LogP contribution in [0.25, 0.3) is 0 Å². The molecule has 1 amide bonds. The molecule has 0 saturated carbocycles. The lowest BCUT2D eigenvalue weighted by molar-refractivity contribution is -0.281. The van der Waals surface area contributed by atoms with Gasteiger partial charge in [-0.25, -0.2) is 0 Å². The van der Waals surface area contributed by atoms with Crippen LogP contribution in [0.4, 0.5) is 0 Å². The highest BCUT2D eigenvalue weighted by Gasteiger charge is 2.51. The highest BCUT2D eigenvalue weighted by Crippen LogP contribution is 2.29. The van der Waals surface area contributed by atoms with Gasteiger partial charge in [-0.2, -0.15) is 0 Å². The average molecular weight is 599 g/mol. The lowest BCUT2D eigenvalue weighted by Crippen LogP contribution is -2.67. The smallest absolute Gasteiger partial charge is 0.303 e. The lowest BCUT2D eigenvalue weighted by Gasteiger charge is -2.45. The molecule has 0 aliphatic carbocycles. The van der Waals surface area contributed by atoms with Crippen molar-refractivity contribution in [1.82, 2.24) is 5.32 Å². The Morgan fingerprint density at radius 2 is 1.55 bits per heavy atom. The highest BCUT2D eigenvalue weighted by atomic mass is 16.7. The average Bonchev–Trinajstić information content (AvgIpc) is 2.94. The summed E-state index contributed by atoms with van der Waals surface area (Å²) in [4.78, 5) is 48.7. The van der Waals surface area contributed by atoms with Gasteiger partial charge < -0.3 is 53.8 Å². The second-order valence-electron chi connectivity index (χ2n) is 9.59. The SMILES string of the molecule is CC(=O)OC[C@H]1O[C@H](OCc2ccccc2)[C@@H](NC(=O)CO[C@@H]2[CH][C@@H](O)[C@H](O)[C@@H](CO)O2)[C@@H](OC(C)=O)[C@@H]1OC(C)=O. The maximum Gasteiger partial charge on any atom is 0.303 e. The zero-order chi connectivity index (χ0) is 30.8. The fraction of sp³-hybridized carbons (Fsp3) is 0.593. The maximum atomic E-state index is 13.0. The van der Waals surface area contributed by atoms with E-state index in [2.05, 4.69) is 5.32 Å². The summed E-state index contributed by atoms with van der Waals surface area (Å²) >= 11 is 0. The molecule has 0 spiro atoms. The van der Waals surface area contributed by atoms with Crippen LogP contribution in [0.5, 0.6) is 0 Å². The van der Waals surface area contributed by atoms with E-state index in [1.165, 1.54) is 6.92 Å². The van der Waals surface area contributed by atoms with E-state index in [0.29, 0.717) is 0 Å². The summed E-state index contributed by atoms with van der Waals surface area (Å²) in [5, 5.41) is 31.8. The molecule has 15 nitrogen and oxygen atoms in total. The van der Waals surface area contributed by atoms with Gasteiger partial charge in [-0.3, -0.25) is 19.2 Å². The number of aliphatic hydroxyl groups excluding tert-OH is 3. The van der Waals surface area contributed by atoms with Crippen molar-refractivity contribution in [3.8, 4) is 0 Å². The molecule has 42 heavy (non-hydrogen) atoms. The third-order valence-electron chi connectivity index (χ3n) is 6.24. The normalized spacial score (nSPS) is 31.0. The third kappa shape index (κ3) is 9.69. The first-order valence-corrected chi connectivity index (χ1v) is 13.2. The molecule has 3 rings (SSSR count). The van der Waals surface area contributed by atoms with Crippen LogP contribution in [0, 0.1) is 6.42 Å². The number of carbonyl (C=O) groups excluding carboxylic acids is 4. The standard InChI is InChI=1S/C27H36NO14/c1-14(30)36-12-20-25(39-15(2)31)26(40-16(3)32)23(27(42-20)38-11-17-7-5-4-6-8-17)28-21(34)13-37-22-9-18(33)24(35)19(10-29)41-22/h4-9,18-20,22-27,29,33,35H,10-13H2,1-3H3,(H,28,34)/t18-,19-,20-,22+,23+,24+,25-,26-,27+/m1/s1. The molecule has 2 heterocycles. The number of rotatable bonds is 12. The minimum atomic E-state index is -1.38. The first kappa shape index (κ1) is 33.3. The van der Waals surface area contributed by atoms with Gasteiger partial charge in [-0.1, -0.05) is 30.3 Å². The molecule has 2 fully saturated rings. The number of hydrogen-bond donors (Lipinski definition) is 4. The van der Waals surface area contributed by atoms with Crippen molar-refractivity contribution in [2.45, 2.75) is 82.6 Å². The van der Waals surface area contributed by atoms with Gasteiger partial charge in [0, 0.05) is 27.2 Å². The molecule has 2 aliphatic rings. The third-order valence-corrected chi connectivity index (χ3v) is 6.24. The molecule has 2 aliphatic heterocycles. The van der Waals surface area contributed by atoms with Crippen molar-refractivity contribution in [2.24, 2.45) is 0 Å². The summed E-state index contributed by atoms with van der Waals surface area (Å²) < 4.78 is 38.7. The Morgan fingerprint density at radius 1 is 0.881 bits per heavy atom. The van der Waals surface area contributed by atoms with E-state index in [0.717, 1.165) is 25.8 Å². The predicted molar refractivity (Wildman–Crippen MR) is 138 cm³/mol. The number of aliphatic hydroxyl groups is 3. The first-order chi connectivity index (χ1) is 20.0. The van der Waals surface area contributed by atoms with Crippen molar-refractivity contribution in [1.29, 1.82) is 0 Å². The van der Waals surface area contributed by atoms with Crippen LogP contribution >= 0.6 is 0 Å². The number of esters is 3. The van der Waals surface area contributed by atoms with Crippen molar-refractivity contribution >= 4 is 23.8 Å². The van der Waals surface area contributed by atoms with Crippen molar-refractivity contribution in [2.75, 3.05) is 19.8 Å². The summed E-state index contributed by atoms with van der Waals surface area (Å²) in [7, 11) is 0. The molecule has 0 unspecified atom stereocenters. The molecule has 1 radical (unpaired) electrons. The molecule has 15 heteroatoms. The van der Waals surface area contributed by atoms with Crippen LogP contribution in [0.3, 0.4) is 0 Å². The fourth-order valence-corrected chi connectivity index (χ4v) is 4.38. The van der Waals surface area contributed by atoms with Crippen LogP contribution in [-0.4, -0.2) is 114 Å². The maximum absolute atomic E-state index is 13.0. The Balaban J connectivity index is 1.82. The van der Waals surface area contributed by atoms with Crippen molar-refractivity contribution in [3.05, 3.63) is 42.3 Å². The van der Waals surface area contributed by atoms with Crippen molar-refractivity contribution in [3.63, 3.8) is 0 Å². The monoisotopic (exact) mass is 598 g/mol. The van der Waals surface area contributed by atoms with E-state index < -0.39 is 92.3 Å². The summed E-state index contributed by atoms with van der Waals surface area (Å²) in [6.45, 7) is 1.80. The number of nitrogens with one attached hydrogen (secondary N) is 1. The molecule has 1 aromatic rings. The van der Waals surface area contributed by atoms with E-state index in [-0.39, 0.29) is 13.2 Å². The fourth-order valence-electron chi connectivity index (χ4n) is 4.38. The van der Waals surface area contributed by atoms with Gasteiger partial charge in [-0.15, -0.1) is 0 Å². The molecule has 233 valence electrons. The van der Waals surface area contributed by atoms with E-state index >= 15 is 0 Å². The molecule has 9 atom stereocenters. The highest BCUT2D eigenvalue weighted by molar-refractivity contribution is 5.78. The quantitative estimate of drug-likeness (QED) is 0.160. The topological polar surface area (TPSA) is 206 Å². The number of benzene rings is 1. The van der Waals surface area contributed by atoms with E-state index in [1.807, 2.05) is 6.07 Å². The van der Waals surface area contributed by atoms with Crippen LogP contribution < -0.4 is 5.32 Å². The van der Waals surface area contributed by atoms with Crippen LogP contribution in [0.2, 0.25) is 0 Å². The summed E-state index contributed by atoms with van der Waals surface area (Å²) in [6, 6.07) is 7.73. The van der Waals surface area contributed by atoms with Crippen LogP contribution in [0.15, 0.2) is 30.3 Å². The van der Waals surface area contributed by atoms with Crippen LogP contribution in [-0.2, 0) is 58.9 Å².